The summed E-state index contributed by atoms with van der Waals surface area (Å²) in [5.74, 6) is 0. The standard InChI is InChI=1S/C10H11NOS/c1-2-9(12)7-3-4-8-10(5-7)13-6-11-8/h3-6,9,12H,2H2,1H3. The van der Waals surface area contributed by atoms with Crippen LogP contribution in [0.3, 0.4) is 0 Å². The second kappa shape index (κ2) is 3.44. The average molecular weight is 193 g/mol. The van der Waals surface area contributed by atoms with Gasteiger partial charge in [-0.1, -0.05) is 13.0 Å². The number of thiazole rings is 1. The molecule has 0 aliphatic heterocycles. The predicted molar refractivity (Wildman–Crippen MR) is 54.9 cm³/mol. The Morgan fingerprint density at radius 3 is 3.15 bits per heavy atom. The Morgan fingerprint density at radius 1 is 1.54 bits per heavy atom. The van der Waals surface area contributed by atoms with Gasteiger partial charge in [-0.2, -0.15) is 0 Å². The van der Waals surface area contributed by atoms with Crippen LogP contribution in [0.2, 0.25) is 0 Å². The van der Waals surface area contributed by atoms with Gasteiger partial charge in [0.15, 0.2) is 0 Å². The van der Waals surface area contributed by atoms with E-state index in [-0.39, 0.29) is 6.10 Å². The molecule has 2 nitrogen and oxygen atoms in total. The minimum absolute atomic E-state index is 0.341. The molecule has 1 N–H and O–H groups in total. The van der Waals surface area contributed by atoms with Gasteiger partial charge in [-0.05, 0) is 24.1 Å². The largest absolute Gasteiger partial charge is 0.388 e. The summed E-state index contributed by atoms with van der Waals surface area (Å²) in [7, 11) is 0. The topological polar surface area (TPSA) is 33.1 Å². The smallest absolute Gasteiger partial charge is 0.0812 e. The molecule has 0 amide bonds. The van der Waals surface area contributed by atoms with Crippen molar-refractivity contribution < 1.29 is 5.11 Å². The Labute approximate surface area is 80.9 Å². The van der Waals surface area contributed by atoms with E-state index in [4.69, 9.17) is 0 Å². The third-order valence-electron chi connectivity index (χ3n) is 2.13. The number of hydrogen-bond donors (Lipinski definition) is 1. The molecule has 1 atom stereocenters. The van der Waals surface area contributed by atoms with Gasteiger partial charge in [0.05, 0.1) is 21.8 Å². The van der Waals surface area contributed by atoms with Crippen molar-refractivity contribution in [1.82, 2.24) is 4.98 Å². The van der Waals surface area contributed by atoms with Crippen molar-refractivity contribution in [2.24, 2.45) is 0 Å². The number of rotatable bonds is 2. The van der Waals surface area contributed by atoms with Gasteiger partial charge in [0, 0.05) is 0 Å². The summed E-state index contributed by atoms with van der Waals surface area (Å²) >= 11 is 1.61. The first-order valence-corrected chi connectivity index (χ1v) is 5.20. The molecular formula is C10H11NOS. The van der Waals surface area contributed by atoms with Crippen molar-refractivity contribution in [1.29, 1.82) is 0 Å². The van der Waals surface area contributed by atoms with Crippen LogP contribution < -0.4 is 0 Å². The summed E-state index contributed by atoms with van der Waals surface area (Å²) in [6.07, 6.45) is 0.413. The Morgan fingerprint density at radius 2 is 2.38 bits per heavy atom. The van der Waals surface area contributed by atoms with E-state index in [1.165, 1.54) is 0 Å². The number of nitrogens with zero attached hydrogens (tertiary/aromatic N) is 1. The predicted octanol–water partition coefficient (Wildman–Crippen LogP) is 2.74. The Kier molecular flexibility index (Phi) is 2.29. The molecule has 1 unspecified atom stereocenters. The average Bonchev–Trinajstić information content (AvgIpc) is 2.63. The molecule has 0 saturated carbocycles. The highest BCUT2D eigenvalue weighted by atomic mass is 32.1. The molecule has 68 valence electrons. The molecule has 0 spiro atoms. The Hall–Kier alpha value is -0.930. The Bertz CT molecular complexity index is 410. The maximum absolute atomic E-state index is 9.61. The van der Waals surface area contributed by atoms with Crippen LogP contribution in [0, 0.1) is 0 Å². The molecule has 2 rings (SSSR count). The molecule has 0 fully saturated rings. The summed E-state index contributed by atoms with van der Waals surface area (Å²) in [6, 6.07) is 5.91. The van der Waals surface area contributed by atoms with Crippen LogP contribution in [0.15, 0.2) is 23.7 Å². The molecule has 0 saturated heterocycles. The summed E-state index contributed by atoms with van der Waals surface area (Å²) in [5.41, 5.74) is 3.82. The van der Waals surface area contributed by atoms with E-state index >= 15 is 0 Å². The third kappa shape index (κ3) is 1.57. The van der Waals surface area contributed by atoms with Crippen LogP contribution >= 0.6 is 11.3 Å². The van der Waals surface area contributed by atoms with Crippen LogP contribution in [0.5, 0.6) is 0 Å². The van der Waals surface area contributed by atoms with Crippen molar-refractivity contribution in [3.63, 3.8) is 0 Å². The van der Waals surface area contributed by atoms with E-state index in [9.17, 15) is 5.11 Å². The monoisotopic (exact) mass is 193 g/mol. The number of fused-ring (bicyclic) bond motifs is 1. The van der Waals surface area contributed by atoms with Crippen LogP contribution in [0.25, 0.3) is 10.2 Å². The highest BCUT2D eigenvalue weighted by Gasteiger charge is 2.05. The normalized spacial score (nSPS) is 13.4. The van der Waals surface area contributed by atoms with Crippen molar-refractivity contribution in [3.8, 4) is 0 Å². The van der Waals surface area contributed by atoms with Crippen molar-refractivity contribution >= 4 is 21.6 Å². The Balaban J connectivity index is 2.48. The van der Waals surface area contributed by atoms with Crippen LogP contribution in [0.1, 0.15) is 25.0 Å². The number of aromatic nitrogens is 1. The van der Waals surface area contributed by atoms with Gasteiger partial charge < -0.3 is 5.11 Å². The lowest BCUT2D eigenvalue weighted by Crippen LogP contribution is -1.93. The van der Waals surface area contributed by atoms with E-state index in [0.717, 1.165) is 22.2 Å². The molecule has 0 radical (unpaired) electrons. The van der Waals surface area contributed by atoms with Gasteiger partial charge in [0.1, 0.15) is 0 Å². The first-order chi connectivity index (χ1) is 6.31. The van der Waals surface area contributed by atoms with Gasteiger partial charge in [-0.25, -0.2) is 4.98 Å². The van der Waals surface area contributed by atoms with E-state index in [0.29, 0.717) is 0 Å². The molecular weight excluding hydrogens is 182 g/mol. The van der Waals surface area contributed by atoms with E-state index in [1.54, 1.807) is 11.3 Å². The van der Waals surface area contributed by atoms with Gasteiger partial charge in [-0.15, -0.1) is 11.3 Å². The lowest BCUT2D eigenvalue weighted by atomic mass is 10.1. The number of hydrogen-bond acceptors (Lipinski definition) is 3. The second-order valence-electron chi connectivity index (χ2n) is 3.00. The van der Waals surface area contributed by atoms with Crippen LogP contribution in [0.4, 0.5) is 0 Å². The van der Waals surface area contributed by atoms with Crippen LogP contribution in [-0.4, -0.2) is 10.1 Å². The molecule has 0 aliphatic carbocycles. The van der Waals surface area contributed by atoms with E-state index in [2.05, 4.69) is 4.98 Å². The zero-order valence-corrected chi connectivity index (χ0v) is 8.21. The second-order valence-corrected chi connectivity index (χ2v) is 3.89. The zero-order valence-electron chi connectivity index (χ0n) is 7.40. The van der Waals surface area contributed by atoms with Crippen molar-refractivity contribution in [3.05, 3.63) is 29.3 Å². The first-order valence-electron chi connectivity index (χ1n) is 4.32. The van der Waals surface area contributed by atoms with Gasteiger partial charge in [0.2, 0.25) is 0 Å². The zero-order chi connectivity index (χ0) is 9.26. The maximum atomic E-state index is 9.61. The minimum atomic E-state index is -0.341. The molecule has 0 bridgehead atoms. The van der Waals surface area contributed by atoms with E-state index in [1.807, 2.05) is 30.6 Å². The molecule has 13 heavy (non-hydrogen) atoms. The molecule has 1 heterocycles. The van der Waals surface area contributed by atoms with Gasteiger partial charge >= 0.3 is 0 Å². The summed E-state index contributed by atoms with van der Waals surface area (Å²) in [4.78, 5) is 4.18. The fourth-order valence-electron chi connectivity index (χ4n) is 1.31. The van der Waals surface area contributed by atoms with Crippen molar-refractivity contribution in [2.75, 3.05) is 0 Å². The first kappa shape index (κ1) is 8.66. The summed E-state index contributed by atoms with van der Waals surface area (Å²) < 4.78 is 1.14. The summed E-state index contributed by atoms with van der Waals surface area (Å²) in [5, 5.41) is 9.61. The number of aliphatic hydroxyl groups is 1. The molecule has 1 aromatic carbocycles. The maximum Gasteiger partial charge on any atom is 0.0812 e. The molecule has 3 heteroatoms. The highest BCUT2D eigenvalue weighted by Crippen LogP contribution is 2.23. The fourth-order valence-corrected chi connectivity index (χ4v) is 2.04. The van der Waals surface area contributed by atoms with Gasteiger partial charge in [-0.3, -0.25) is 0 Å². The van der Waals surface area contributed by atoms with Gasteiger partial charge in [0.25, 0.3) is 0 Å². The number of benzene rings is 1. The number of aliphatic hydroxyl groups excluding tert-OH is 1. The third-order valence-corrected chi connectivity index (χ3v) is 2.92. The summed E-state index contributed by atoms with van der Waals surface area (Å²) in [6.45, 7) is 1.97. The van der Waals surface area contributed by atoms with Crippen LogP contribution in [-0.2, 0) is 0 Å². The fraction of sp³-hybridized carbons (Fsp3) is 0.300. The van der Waals surface area contributed by atoms with E-state index < -0.39 is 0 Å². The molecule has 1 aromatic heterocycles. The quantitative estimate of drug-likeness (QED) is 0.795. The lowest BCUT2D eigenvalue weighted by Gasteiger charge is -2.06. The minimum Gasteiger partial charge on any atom is -0.388 e. The molecule has 0 aliphatic rings. The highest BCUT2D eigenvalue weighted by molar-refractivity contribution is 7.16. The lowest BCUT2D eigenvalue weighted by molar-refractivity contribution is 0.174. The van der Waals surface area contributed by atoms with Crippen molar-refractivity contribution in [2.45, 2.75) is 19.4 Å². The molecule has 2 aromatic rings. The SMILES string of the molecule is CCC(O)c1ccc2ncsc2c1.